The summed E-state index contributed by atoms with van der Waals surface area (Å²) in [6.45, 7) is 16.1. The lowest BCUT2D eigenvalue weighted by Gasteiger charge is -2.32. The van der Waals surface area contributed by atoms with Gasteiger partial charge in [0.05, 0.1) is 0 Å². The maximum Gasteiger partial charge on any atom is 0.122 e. The lowest BCUT2D eigenvalue weighted by Crippen LogP contribution is -2.36. The molecule has 0 bridgehead atoms. The molecule has 26 heavy (non-hydrogen) atoms. The van der Waals surface area contributed by atoms with Crippen LogP contribution in [0.1, 0.15) is 63.3 Å². The molecule has 2 aromatic rings. The van der Waals surface area contributed by atoms with Crippen molar-refractivity contribution in [2.24, 2.45) is 0 Å². The molecule has 3 heteroatoms. The average molecular weight is 372 g/mol. The van der Waals surface area contributed by atoms with Crippen molar-refractivity contribution >= 4 is 13.9 Å². The summed E-state index contributed by atoms with van der Waals surface area (Å²) < 4.78 is 0. The summed E-state index contributed by atoms with van der Waals surface area (Å²) in [6.07, 6.45) is 0.989. The van der Waals surface area contributed by atoms with E-state index in [9.17, 15) is 5.11 Å². The van der Waals surface area contributed by atoms with Gasteiger partial charge in [0.2, 0.25) is 0 Å². The number of hydrogen-bond acceptors (Lipinski definition) is 2. The van der Waals surface area contributed by atoms with Gasteiger partial charge in [-0.3, -0.25) is 0 Å². The molecular formula is C23H34NOP. The first-order valence-corrected chi connectivity index (χ1v) is 10.5. The van der Waals surface area contributed by atoms with Gasteiger partial charge in [-0.2, -0.15) is 0 Å². The number of aryl methyl sites for hydroxylation is 2. The molecule has 0 aliphatic carbocycles. The molecule has 0 saturated carbocycles. The van der Waals surface area contributed by atoms with E-state index in [4.69, 9.17) is 0 Å². The van der Waals surface area contributed by atoms with Crippen LogP contribution in [0.25, 0.3) is 0 Å². The number of nitrogens with one attached hydrogen (secondary N) is 1. The molecule has 0 fully saturated rings. The summed E-state index contributed by atoms with van der Waals surface area (Å²) in [7, 11) is 0.607. The molecule has 0 saturated heterocycles. The Kier molecular flexibility index (Phi) is 6.53. The van der Waals surface area contributed by atoms with Gasteiger partial charge in [0.1, 0.15) is 5.75 Å². The molecule has 0 heterocycles. The monoisotopic (exact) mass is 371 g/mol. The van der Waals surface area contributed by atoms with Gasteiger partial charge in [-0.15, -0.1) is 0 Å². The molecule has 0 spiro atoms. The van der Waals surface area contributed by atoms with Crippen molar-refractivity contribution in [1.29, 1.82) is 0 Å². The van der Waals surface area contributed by atoms with Gasteiger partial charge in [0.25, 0.3) is 0 Å². The fraction of sp³-hybridized carbons (Fsp3) is 0.478. The van der Waals surface area contributed by atoms with Crippen molar-refractivity contribution in [1.82, 2.24) is 5.32 Å². The van der Waals surface area contributed by atoms with Crippen LogP contribution >= 0.6 is 8.58 Å². The van der Waals surface area contributed by atoms with Crippen molar-refractivity contribution < 1.29 is 5.11 Å². The molecule has 2 unspecified atom stereocenters. The highest BCUT2D eigenvalue weighted by Crippen LogP contribution is 2.48. The third-order valence-electron chi connectivity index (χ3n) is 4.98. The summed E-state index contributed by atoms with van der Waals surface area (Å²) in [4.78, 5) is 0. The van der Waals surface area contributed by atoms with Gasteiger partial charge in [-0.05, 0) is 57.5 Å². The van der Waals surface area contributed by atoms with E-state index in [-0.39, 0.29) is 10.7 Å². The Labute approximate surface area is 161 Å². The highest BCUT2D eigenvalue weighted by Gasteiger charge is 2.29. The molecule has 0 aromatic heterocycles. The predicted molar refractivity (Wildman–Crippen MR) is 116 cm³/mol. The summed E-state index contributed by atoms with van der Waals surface area (Å²) >= 11 is 0. The summed E-state index contributed by atoms with van der Waals surface area (Å²) in [5.41, 5.74) is 4.70. The Bertz CT molecular complexity index is 763. The summed E-state index contributed by atoms with van der Waals surface area (Å²) in [6, 6.07) is 12.9. The van der Waals surface area contributed by atoms with E-state index in [1.54, 1.807) is 0 Å². The highest BCUT2D eigenvalue weighted by molar-refractivity contribution is 7.48. The number of hydrogen-bond donors (Lipinski definition) is 2. The first kappa shape index (κ1) is 20.9. The molecule has 0 amide bonds. The Morgan fingerprint density at radius 2 is 1.69 bits per heavy atom. The largest absolute Gasteiger partial charge is 0.507 e. The van der Waals surface area contributed by atoms with Crippen molar-refractivity contribution in [3.8, 4) is 5.75 Å². The number of aromatic hydroxyl groups is 1. The molecule has 0 radical (unpaired) electrons. The Balaban J connectivity index is 2.39. The van der Waals surface area contributed by atoms with Crippen molar-refractivity contribution in [2.75, 3.05) is 0 Å². The fourth-order valence-electron chi connectivity index (χ4n) is 3.18. The van der Waals surface area contributed by atoms with E-state index in [0.717, 1.165) is 24.1 Å². The van der Waals surface area contributed by atoms with E-state index in [0.29, 0.717) is 14.3 Å². The van der Waals surface area contributed by atoms with Crippen LogP contribution in [0.2, 0.25) is 0 Å². The highest BCUT2D eigenvalue weighted by atomic mass is 31.1. The van der Waals surface area contributed by atoms with Crippen LogP contribution in [0, 0.1) is 13.8 Å². The van der Waals surface area contributed by atoms with Crippen LogP contribution in [0.5, 0.6) is 5.75 Å². The maximum atomic E-state index is 10.7. The van der Waals surface area contributed by atoms with E-state index < -0.39 is 0 Å². The maximum absolute atomic E-state index is 10.7. The van der Waals surface area contributed by atoms with Gasteiger partial charge in [-0.25, -0.2) is 0 Å². The van der Waals surface area contributed by atoms with E-state index in [1.165, 1.54) is 16.4 Å². The minimum atomic E-state index is -0.0707. The van der Waals surface area contributed by atoms with Crippen molar-refractivity contribution in [3.05, 3.63) is 58.7 Å². The second-order valence-electron chi connectivity index (χ2n) is 8.55. The molecule has 2 N–H and O–H groups in total. The smallest absolute Gasteiger partial charge is 0.122 e. The molecule has 2 nitrogen and oxygen atoms in total. The number of rotatable bonds is 6. The van der Waals surface area contributed by atoms with E-state index >= 15 is 0 Å². The quantitative estimate of drug-likeness (QED) is 0.655. The number of phenols is 1. The van der Waals surface area contributed by atoms with Crippen LogP contribution in [0.4, 0.5) is 0 Å². The average Bonchev–Trinajstić information content (AvgIpc) is 2.56. The summed E-state index contributed by atoms with van der Waals surface area (Å²) in [5, 5.41) is 15.7. The third-order valence-corrected chi connectivity index (χ3v) is 6.92. The van der Waals surface area contributed by atoms with Crippen molar-refractivity contribution in [3.63, 3.8) is 0 Å². The molecular weight excluding hydrogens is 337 g/mol. The SMILES string of the molecule is CCC(C)(Pc1ccccc1CNC(C)(C)C)c1cc(C)cc(C)c1O. The van der Waals surface area contributed by atoms with Gasteiger partial charge >= 0.3 is 0 Å². The molecule has 0 aliphatic heterocycles. The van der Waals surface area contributed by atoms with E-state index in [2.05, 4.69) is 83.3 Å². The van der Waals surface area contributed by atoms with Crippen LogP contribution in [-0.2, 0) is 11.7 Å². The van der Waals surface area contributed by atoms with Gasteiger partial charge in [-0.1, -0.05) is 64.4 Å². The van der Waals surface area contributed by atoms with Crippen molar-refractivity contribution in [2.45, 2.75) is 72.1 Å². The number of phenolic OH excluding ortho intramolecular Hbond substituents is 1. The second-order valence-corrected chi connectivity index (χ2v) is 10.4. The Hall–Kier alpha value is -1.37. The molecule has 0 aliphatic rings. The Morgan fingerprint density at radius 1 is 1.04 bits per heavy atom. The minimum absolute atomic E-state index is 0.0707. The molecule has 2 atom stereocenters. The first-order valence-electron chi connectivity index (χ1n) is 9.47. The van der Waals surface area contributed by atoms with Gasteiger partial charge < -0.3 is 10.4 Å². The zero-order valence-electron chi connectivity index (χ0n) is 17.3. The zero-order valence-corrected chi connectivity index (χ0v) is 18.3. The Morgan fingerprint density at radius 3 is 2.31 bits per heavy atom. The minimum Gasteiger partial charge on any atom is -0.507 e. The molecule has 142 valence electrons. The first-order chi connectivity index (χ1) is 12.1. The lowest BCUT2D eigenvalue weighted by molar-refractivity contribution is 0.425. The second kappa shape index (κ2) is 8.11. The van der Waals surface area contributed by atoms with Gasteiger partial charge in [0, 0.05) is 22.8 Å². The van der Waals surface area contributed by atoms with Gasteiger partial charge in [0.15, 0.2) is 0 Å². The fourth-order valence-corrected chi connectivity index (χ4v) is 4.79. The lowest BCUT2D eigenvalue weighted by atomic mass is 9.93. The van der Waals surface area contributed by atoms with Crippen LogP contribution in [0.15, 0.2) is 36.4 Å². The zero-order chi connectivity index (χ0) is 19.5. The topological polar surface area (TPSA) is 32.3 Å². The van der Waals surface area contributed by atoms with Crippen LogP contribution in [0.3, 0.4) is 0 Å². The molecule has 2 aromatic carbocycles. The third kappa shape index (κ3) is 5.09. The standard InChI is InChI=1S/C23H34NOP/c1-8-23(7,19-14-16(2)13-17(3)21(19)25)26-20-12-10-9-11-18(20)15-24-22(4,5)6/h9-14,24-26H,8,15H2,1-7H3. The predicted octanol–water partition coefficient (Wildman–Crippen LogP) is 5.53. The van der Waals surface area contributed by atoms with Crippen LogP contribution in [-0.4, -0.2) is 10.6 Å². The number of benzene rings is 2. The van der Waals surface area contributed by atoms with Crippen LogP contribution < -0.4 is 10.6 Å². The summed E-state index contributed by atoms with van der Waals surface area (Å²) in [5.74, 6) is 0.456. The van der Waals surface area contributed by atoms with E-state index in [1.807, 2.05) is 6.92 Å². The normalized spacial score (nSPS) is 14.7. The molecule has 2 rings (SSSR count).